The molecule has 3 rings (SSSR count). The summed E-state index contributed by atoms with van der Waals surface area (Å²) in [7, 11) is 3.66. The number of benzene rings is 1. The molecule has 0 radical (unpaired) electrons. The number of nitrogens with zero attached hydrogens (tertiary/aromatic N) is 3. The predicted molar refractivity (Wildman–Crippen MR) is 95.2 cm³/mol. The molecule has 1 aromatic carbocycles. The summed E-state index contributed by atoms with van der Waals surface area (Å²) in [5, 5.41) is 0. The fraction of sp³-hybridized carbons (Fsp3) is 0.444. The Morgan fingerprint density at radius 3 is 2.92 bits per heavy atom. The smallest absolute Gasteiger partial charge is 0.225 e. The van der Waals surface area contributed by atoms with Crippen molar-refractivity contribution in [3.05, 3.63) is 46.3 Å². The summed E-state index contributed by atoms with van der Waals surface area (Å²) in [6, 6.07) is 10.3. The summed E-state index contributed by atoms with van der Waals surface area (Å²) in [4.78, 5) is 17.8. The first kappa shape index (κ1) is 16.9. The Hall–Kier alpha value is -1.92. The number of rotatable bonds is 6. The lowest BCUT2D eigenvalue weighted by molar-refractivity contribution is -0.132. The number of aromatic nitrogens is 1. The Labute approximate surface area is 147 Å². The van der Waals surface area contributed by atoms with Crippen molar-refractivity contribution in [3.63, 3.8) is 0 Å². The molecule has 5 nitrogen and oxygen atoms in total. The first-order valence-corrected chi connectivity index (χ1v) is 8.95. The van der Waals surface area contributed by atoms with Crippen molar-refractivity contribution < 1.29 is 9.53 Å². The molecular weight excluding hydrogens is 322 g/mol. The summed E-state index contributed by atoms with van der Waals surface area (Å²) in [6.45, 7) is 3.10. The van der Waals surface area contributed by atoms with Gasteiger partial charge in [0.1, 0.15) is 0 Å². The van der Waals surface area contributed by atoms with Gasteiger partial charge in [-0.1, -0.05) is 24.3 Å². The van der Waals surface area contributed by atoms with Crippen LogP contribution >= 0.6 is 11.5 Å². The van der Waals surface area contributed by atoms with Crippen molar-refractivity contribution in [3.8, 4) is 5.88 Å². The standard InChI is InChI=1S/C18H23N3O2S/c1-20(13-16-11-17(23-2)19-24-16)9-8-18(22)21-10-7-14-5-3-4-6-15(14)12-21/h3-6,11H,7-10,12-13H2,1-2H3. The number of hydrogen-bond donors (Lipinski definition) is 0. The summed E-state index contributed by atoms with van der Waals surface area (Å²) >= 11 is 1.45. The molecule has 1 aromatic heterocycles. The zero-order chi connectivity index (χ0) is 16.9. The highest BCUT2D eigenvalue weighted by Gasteiger charge is 2.20. The van der Waals surface area contributed by atoms with E-state index in [1.165, 1.54) is 22.7 Å². The molecule has 0 N–H and O–H groups in total. The monoisotopic (exact) mass is 345 g/mol. The topological polar surface area (TPSA) is 45.7 Å². The van der Waals surface area contributed by atoms with Crippen molar-refractivity contribution in [2.24, 2.45) is 0 Å². The average Bonchev–Trinajstić information content (AvgIpc) is 3.06. The van der Waals surface area contributed by atoms with E-state index in [-0.39, 0.29) is 5.91 Å². The number of hydrogen-bond acceptors (Lipinski definition) is 5. The maximum atomic E-state index is 12.5. The van der Waals surface area contributed by atoms with Crippen LogP contribution in [0.3, 0.4) is 0 Å². The molecule has 1 amide bonds. The van der Waals surface area contributed by atoms with Crippen LogP contribution in [-0.2, 0) is 24.3 Å². The molecule has 1 aliphatic rings. The zero-order valence-electron chi connectivity index (χ0n) is 14.2. The van der Waals surface area contributed by atoms with Gasteiger partial charge >= 0.3 is 0 Å². The molecule has 1 aliphatic heterocycles. The van der Waals surface area contributed by atoms with Crippen LogP contribution in [0.4, 0.5) is 0 Å². The van der Waals surface area contributed by atoms with E-state index in [1.807, 2.05) is 24.1 Å². The molecule has 0 saturated heterocycles. The highest BCUT2D eigenvalue weighted by atomic mass is 32.1. The normalized spacial score (nSPS) is 13.9. The van der Waals surface area contributed by atoms with Gasteiger partial charge in [-0.3, -0.25) is 4.79 Å². The Morgan fingerprint density at radius 2 is 2.17 bits per heavy atom. The second-order valence-electron chi connectivity index (χ2n) is 6.16. The van der Waals surface area contributed by atoms with Gasteiger partial charge in [-0.15, -0.1) is 0 Å². The van der Waals surface area contributed by atoms with Gasteiger partial charge in [0, 0.05) is 43.5 Å². The van der Waals surface area contributed by atoms with Crippen LogP contribution in [0.2, 0.25) is 0 Å². The van der Waals surface area contributed by atoms with E-state index in [0.29, 0.717) is 12.3 Å². The van der Waals surface area contributed by atoms with Gasteiger partial charge < -0.3 is 14.5 Å². The van der Waals surface area contributed by atoms with Gasteiger partial charge in [-0.25, -0.2) is 0 Å². The molecule has 2 aromatic rings. The summed E-state index contributed by atoms with van der Waals surface area (Å²) < 4.78 is 9.30. The third-order valence-electron chi connectivity index (χ3n) is 4.36. The number of carbonyl (C=O) groups is 1. The van der Waals surface area contributed by atoms with E-state index in [2.05, 4.69) is 27.5 Å². The summed E-state index contributed by atoms with van der Waals surface area (Å²) in [5.41, 5.74) is 2.65. The minimum atomic E-state index is 0.234. The molecule has 2 heterocycles. The van der Waals surface area contributed by atoms with Crippen molar-refractivity contribution in [1.29, 1.82) is 0 Å². The molecule has 6 heteroatoms. The van der Waals surface area contributed by atoms with Crippen LogP contribution in [0.15, 0.2) is 30.3 Å². The fourth-order valence-electron chi connectivity index (χ4n) is 2.96. The Balaban J connectivity index is 1.47. The largest absolute Gasteiger partial charge is 0.480 e. The molecule has 0 atom stereocenters. The number of carbonyl (C=O) groups excluding carboxylic acids is 1. The quantitative estimate of drug-likeness (QED) is 0.807. The first-order valence-electron chi connectivity index (χ1n) is 8.18. The van der Waals surface area contributed by atoms with E-state index >= 15 is 0 Å². The third kappa shape index (κ3) is 4.13. The van der Waals surface area contributed by atoms with Crippen molar-refractivity contribution >= 4 is 17.4 Å². The van der Waals surface area contributed by atoms with Crippen LogP contribution in [0.25, 0.3) is 0 Å². The third-order valence-corrected chi connectivity index (χ3v) is 5.12. The van der Waals surface area contributed by atoms with Gasteiger partial charge in [0.05, 0.1) is 7.11 Å². The van der Waals surface area contributed by atoms with Crippen LogP contribution in [0.5, 0.6) is 5.88 Å². The summed E-state index contributed by atoms with van der Waals surface area (Å²) in [6.07, 6.45) is 1.51. The molecular formula is C18H23N3O2S. The molecule has 0 bridgehead atoms. The lowest BCUT2D eigenvalue weighted by Gasteiger charge is -2.29. The van der Waals surface area contributed by atoms with Gasteiger partial charge in [0.25, 0.3) is 0 Å². The number of fused-ring (bicyclic) bond motifs is 1. The van der Waals surface area contributed by atoms with Crippen LogP contribution in [-0.4, -0.2) is 47.3 Å². The first-order chi connectivity index (χ1) is 11.7. The van der Waals surface area contributed by atoms with Gasteiger partial charge in [-0.05, 0) is 36.1 Å². The molecule has 0 fully saturated rings. The highest BCUT2D eigenvalue weighted by molar-refractivity contribution is 7.05. The van der Waals surface area contributed by atoms with E-state index < -0.39 is 0 Å². The minimum absolute atomic E-state index is 0.234. The molecule has 24 heavy (non-hydrogen) atoms. The zero-order valence-corrected chi connectivity index (χ0v) is 15.0. The minimum Gasteiger partial charge on any atom is -0.480 e. The molecule has 0 aliphatic carbocycles. The maximum Gasteiger partial charge on any atom is 0.225 e. The van der Waals surface area contributed by atoms with Crippen LogP contribution in [0.1, 0.15) is 22.4 Å². The predicted octanol–water partition coefficient (Wildman–Crippen LogP) is 2.56. The van der Waals surface area contributed by atoms with Gasteiger partial charge in [-0.2, -0.15) is 4.37 Å². The SMILES string of the molecule is COc1cc(CN(C)CCC(=O)N2CCc3ccccc3C2)sn1. The van der Waals surface area contributed by atoms with Gasteiger partial charge in [0.15, 0.2) is 0 Å². The molecule has 0 spiro atoms. The average molecular weight is 345 g/mol. The number of ether oxygens (including phenoxy) is 1. The Morgan fingerprint density at radius 1 is 1.38 bits per heavy atom. The maximum absolute atomic E-state index is 12.5. The fourth-order valence-corrected chi connectivity index (χ4v) is 3.73. The molecule has 0 unspecified atom stereocenters. The van der Waals surface area contributed by atoms with Crippen molar-refractivity contribution in [2.45, 2.75) is 25.9 Å². The summed E-state index contributed by atoms with van der Waals surface area (Å²) in [5.74, 6) is 0.893. The number of amides is 1. The second kappa shape index (κ2) is 7.77. The Bertz CT molecular complexity index is 701. The van der Waals surface area contributed by atoms with Gasteiger partial charge in [0.2, 0.25) is 11.8 Å². The molecule has 0 saturated carbocycles. The van der Waals surface area contributed by atoms with E-state index in [1.54, 1.807) is 7.11 Å². The molecule has 128 valence electrons. The van der Waals surface area contributed by atoms with E-state index in [0.717, 1.165) is 37.5 Å². The Kier molecular flexibility index (Phi) is 5.48. The van der Waals surface area contributed by atoms with Crippen LogP contribution < -0.4 is 4.74 Å². The van der Waals surface area contributed by atoms with Crippen molar-refractivity contribution in [1.82, 2.24) is 14.2 Å². The van der Waals surface area contributed by atoms with E-state index in [9.17, 15) is 4.79 Å². The highest BCUT2D eigenvalue weighted by Crippen LogP contribution is 2.20. The lowest BCUT2D eigenvalue weighted by atomic mass is 10.00. The second-order valence-corrected chi connectivity index (χ2v) is 7.05. The number of methoxy groups -OCH3 is 1. The lowest BCUT2D eigenvalue weighted by Crippen LogP contribution is -2.37. The van der Waals surface area contributed by atoms with E-state index in [4.69, 9.17) is 4.74 Å². The van der Waals surface area contributed by atoms with Crippen molar-refractivity contribution in [2.75, 3.05) is 27.2 Å². The van der Waals surface area contributed by atoms with Crippen LogP contribution in [0, 0.1) is 0 Å².